The van der Waals surface area contributed by atoms with Crippen LogP contribution in [0.15, 0.2) is 59.4 Å². The molecule has 1 atom stereocenters. The van der Waals surface area contributed by atoms with Crippen LogP contribution in [0.2, 0.25) is 0 Å². The molecule has 0 amide bonds. The molecule has 2 heterocycles. The lowest BCUT2D eigenvalue weighted by molar-refractivity contribution is -0.207. The molecule has 10 nitrogen and oxygen atoms in total. The molecular formula is C22H21F3N6O4. The van der Waals surface area contributed by atoms with Crippen LogP contribution in [0.1, 0.15) is 23.1 Å². The molecule has 0 spiro atoms. The number of fused-ring (bicyclic) bond motifs is 1. The number of rotatable bonds is 7. The van der Waals surface area contributed by atoms with E-state index in [0.29, 0.717) is 22.2 Å². The van der Waals surface area contributed by atoms with Gasteiger partial charge < -0.3 is 25.6 Å². The maximum Gasteiger partial charge on any atom is 0.493 e. The number of methoxy groups -OCH3 is 1. The monoisotopic (exact) mass is 490 g/mol. The highest BCUT2D eigenvalue weighted by Crippen LogP contribution is 2.39. The Morgan fingerprint density at radius 3 is 2.46 bits per heavy atom. The van der Waals surface area contributed by atoms with Crippen LogP contribution in [0.4, 0.5) is 24.7 Å². The smallest absolute Gasteiger partial charge is 0.493 e. The first-order valence-corrected chi connectivity index (χ1v) is 10.3. The van der Waals surface area contributed by atoms with E-state index >= 15 is 0 Å². The summed E-state index contributed by atoms with van der Waals surface area (Å²) in [4.78, 5) is 36.2. The molecule has 1 unspecified atom stereocenters. The maximum atomic E-state index is 13.1. The average Bonchev–Trinajstić information content (AvgIpc) is 3.12. The topological polar surface area (TPSA) is 126 Å². The Morgan fingerprint density at radius 1 is 1.17 bits per heavy atom. The van der Waals surface area contributed by atoms with E-state index in [2.05, 4.69) is 15.3 Å². The van der Waals surface area contributed by atoms with Crippen molar-refractivity contribution in [3.05, 3.63) is 81.9 Å². The molecule has 4 N–H and O–H groups in total. The van der Waals surface area contributed by atoms with E-state index in [-0.39, 0.29) is 30.3 Å². The van der Waals surface area contributed by atoms with Gasteiger partial charge in [0.25, 0.3) is 5.56 Å². The van der Waals surface area contributed by atoms with Crippen molar-refractivity contribution in [2.24, 2.45) is 5.73 Å². The Bertz CT molecular complexity index is 1250. The largest absolute Gasteiger partial charge is 0.497 e. The van der Waals surface area contributed by atoms with Gasteiger partial charge in [-0.15, -0.1) is 5.17 Å². The van der Waals surface area contributed by atoms with Crippen molar-refractivity contribution in [1.82, 2.24) is 15.0 Å². The lowest BCUT2D eigenvalue weighted by Gasteiger charge is -2.32. The molecule has 2 aromatic carbocycles. The predicted octanol–water partition coefficient (Wildman–Crippen LogP) is 2.61. The molecule has 0 fully saturated rings. The first-order valence-electron chi connectivity index (χ1n) is 10.3. The molecule has 1 aromatic heterocycles. The zero-order chi connectivity index (χ0) is 25.2. The van der Waals surface area contributed by atoms with Crippen molar-refractivity contribution in [3.8, 4) is 5.75 Å². The number of nitrogens with two attached hydrogens (primary N) is 1. The van der Waals surface area contributed by atoms with Gasteiger partial charge in [0.15, 0.2) is 5.82 Å². The molecule has 35 heavy (non-hydrogen) atoms. The summed E-state index contributed by atoms with van der Waals surface area (Å²) in [6, 6.07) is 15.4. The molecule has 13 heteroatoms. The summed E-state index contributed by atoms with van der Waals surface area (Å²) in [5, 5.41) is 4.95. The zero-order valence-corrected chi connectivity index (χ0v) is 18.4. The summed E-state index contributed by atoms with van der Waals surface area (Å²) in [6.07, 6.45) is -6.33. The van der Waals surface area contributed by atoms with Crippen molar-refractivity contribution in [3.63, 3.8) is 0 Å². The van der Waals surface area contributed by atoms with Gasteiger partial charge >= 0.3 is 12.1 Å². The lowest BCUT2D eigenvalue weighted by atomic mass is 10.2. The summed E-state index contributed by atoms with van der Waals surface area (Å²) in [6.45, 7) is -0.258. The summed E-state index contributed by atoms with van der Waals surface area (Å²) < 4.78 is 44.5. The van der Waals surface area contributed by atoms with Crippen molar-refractivity contribution in [1.29, 1.82) is 0 Å². The number of carbonyl (C=O) groups excluding carboxylic acids is 1. The van der Waals surface area contributed by atoms with Crippen LogP contribution in [-0.4, -0.2) is 34.2 Å². The standard InChI is InChI=1S/C22H21F3N6O4/c1-34-15-9-7-13(8-10-15)12-30-18(27-14-5-3-2-4-6-14)17-19(28-16(11-26)29-20(17)32)31(30)35-21(33)22(23,24)25/h2-10,18,27H,11-12,26H2,1H3,(H,28,29,32). The number of hydrogen-bond acceptors (Lipinski definition) is 9. The number of nitrogens with zero attached hydrogens (tertiary/aromatic N) is 3. The molecule has 0 radical (unpaired) electrons. The molecule has 0 bridgehead atoms. The van der Waals surface area contributed by atoms with E-state index in [0.717, 1.165) is 0 Å². The number of para-hydroxylation sites is 1. The van der Waals surface area contributed by atoms with Crippen molar-refractivity contribution in [2.45, 2.75) is 25.4 Å². The van der Waals surface area contributed by atoms with Crippen molar-refractivity contribution in [2.75, 3.05) is 17.6 Å². The molecule has 0 saturated carbocycles. The van der Waals surface area contributed by atoms with Crippen LogP contribution in [-0.2, 0) is 22.7 Å². The fraction of sp³-hybridized carbons (Fsp3) is 0.227. The molecule has 3 aromatic rings. The Kier molecular flexibility index (Phi) is 6.62. The van der Waals surface area contributed by atoms with Gasteiger partial charge in [-0.05, 0) is 29.8 Å². The van der Waals surface area contributed by atoms with Gasteiger partial charge in [0.05, 0.1) is 13.7 Å². The van der Waals surface area contributed by atoms with Crippen LogP contribution >= 0.6 is 0 Å². The van der Waals surface area contributed by atoms with E-state index < -0.39 is 23.9 Å². The number of halogens is 3. The Balaban J connectivity index is 1.82. The number of alkyl halides is 3. The normalized spacial score (nSPS) is 15.6. The third-order valence-electron chi connectivity index (χ3n) is 5.15. The number of benzene rings is 2. The van der Waals surface area contributed by atoms with Crippen LogP contribution < -0.4 is 26.5 Å². The molecular weight excluding hydrogens is 469 g/mol. The molecule has 184 valence electrons. The first kappa shape index (κ1) is 24.0. The fourth-order valence-electron chi connectivity index (χ4n) is 3.52. The number of nitrogens with one attached hydrogen (secondary N) is 2. The number of aromatic amines is 1. The molecule has 1 aliphatic heterocycles. The minimum atomic E-state index is -5.28. The fourth-order valence-corrected chi connectivity index (χ4v) is 3.52. The van der Waals surface area contributed by atoms with Gasteiger partial charge in [0.1, 0.15) is 23.3 Å². The van der Waals surface area contributed by atoms with E-state index in [1.54, 1.807) is 54.6 Å². The highest BCUT2D eigenvalue weighted by molar-refractivity contribution is 5.77. The summed E-state index contributed by atoms with van der Waals surface area (Å²) in [7, 11) is 1.50. The third-order valence-corrected chi connectivity index (χ3v) is 5.15. The summed E-state index contributed by atoms with van der Waals surface area (Å²) in [5.74, 6) is -2.18. The second kappa shape index (κ2) is 9.64. The van der Waals surface area contributed by atoms with Gasteiger partial charge in [0, 0.05) is 12.2 Å². The van der Waals surface area contributed by atoms with Crippen molar-refractivity contribution < 1.29 is 27.5 Å². The minimum Gasteiger partial charge on any atom is -0.497 e. The van der Waals surface area contributed by atoms with Crippen molar-refractivity contribution >= 4 is 17.5 Å². The van der Waals surface area contributed by atoms with Gasteiger partial charge in [0.2, 0.25) is 0 Å². The van der Waals surface area contributed by atoms with Gasteiger partial charge in [-0.3, -0.25) is 4.79 Å². The maximum absolute atomic E-state index is 13.1. The van der Waals surface area contributed by atoms with Crippen LogP contribution in [0.3, 0.4) is 0 Å². The van der Waals surface area contributed by atoms with E-state index in [1.807, 2.05) is 0 Å². The molecule has 1 aliphatic rings. The van der Waals surface area contributed by atoms with Crippen LogP contribution in [0, 0.1) is 0 Å². The second-order valence-corrected chi connectivity index (χ2v) is 7.46. The lowest BCUT2D eigenvalue weighted by Crippen LogP contribution is -2.45. The average molecular weight is 490 g/mol. The van der Waals surface area contributed by atoms with E-state index in [9.17, 15) is 22.8 Å². The SMILES string of the molecule is COc1ccc(CN2C(Nc3ccccc3)c3c(nc(CN)[nH]c3=O)N2OC(=O)C(F)(F)F)cc1. The Hall–Kier alpha value is -4.10. The number of anilines is 2. The number of aromatic nitrogens is 2. The Labute approximate surface area is 197 Å². The van der Waals surface area contributed by atoms with Gasteiger partial charge in [-0.2, -0.15) is 18.2 Å². The quantitative estimate of drug-likeness (QED) is 0.458. The molecule has 0 aliphatic carbocycles. The van der Waals surface area contributed by atoms with Crippen LogP contribution in [0.5, 0.6) is 5.75 Å². The first-order chi connectivity index (χ1) is 16.7. The highest BCUT2D eigenvalue weighted by Gasteiger charge is 2.48. The summed E-state index contributed by atoms with van der Waals surface area (Å²) >= 11 is 0. The second-order valence-electron chi connectivity index (χ2n) is 7.46. The zero-order valence-electron chi connectivity index (χ0n) is 18.4. The number of H-pyrrole nitrogens is 1. The third kappa shape index (κ3) is 5.05. The van der Waals surface area contributed by atoms with Gasteiger partial charge in [-0.1, -0.05) is 30.3 Å². The summed E-state index contributed by atoms with van der Waals surface area (Å²) in [5.41, 5.74) is 6.09. The highest BCUT2D eigenvalue weighted by atomic mass is 19.4. The van der Waals surface area contributed by atoms with Crippen LogP contribution in [0.25, 0.3) is 0 Å². The minimum absolute atomic E-state index is 0.00608. The number of ether oxygens (including phenoxy) is 1. The number of hydrogen-bond donors (Lipinski definition) is 3. The predicted molar refractivity (Wildman–Crippen MR) is 119 cm³/mol. The number of hydrazine groups is 1. The number of carbonyl (C=O) groups is 1. The van der Waals surface area contributed by atoms with Gasteiger partial charge in [-0.25, -0.2) is 9.78 Å². The molecule has 4 rings (SSSR count). The molecule has 0 saturated heterocycles. The Morgan fingerprint density at radius 2 is 1.86 bits per heavy atom. The van der Waals surface area contributed by atoms with E-state index in [1.165, 1.54) is 12.1 Å². The van der Waals surface area contributed by atoms with E-state index in [4.69, 9.17) is 15.3 Å².